The maximum atomic E-state index is 12.3. The molecule has 196 valence electrons. The van der Waals surface area contributed by atoms with E-state index in [0.717, 1.165) is 12.8 Å². The first-order valence-corrected chi connectivity index (χ1v) is 20.5. The van der Waals surface area contributed by atoms with Gasteiger partial charge in [-0.3, -0.25) is 4.79 Å². The molecule has 0 atom stereocenters. The van der Waals surface area contributed by atoms with Crippen molar-refractivity contribution in [3.63, 3.8) is 0 Å². The molecule has 0 heterocycles. The second kappa shape index (κ2) is 19.8. The van der Waals surface area contributed by atoms with Crippen LogP contribution in [0.1, 0.15) is 96.8 Å². The third-order valence-electron chi connectivity index (χ3n) is 5.35. The van der Waals surface area contributed by atoms with Crippen LogP contribution in [-0.4, -0.2) is 41.9 Å². The van der Waals surface area contributed by atoms with Crippen molar-refractivity contribution in [2.75, 3.05) is 13.2 Å². The van der Waals surface area contributed by atoms with Gasteiger partial charge in [0.05, 0.1) is 13.2 Å². The Morgan fingerprint density at radius 2 is 1.09 bits per heavy atom. The molecule has 0 rings (SSSR count). The molecule has 0 aliphatic heterocycles. The molecule has 0 aromatic rings. The highest BCUT2D eigenvalue weighted by atomic mass is 28.4. The fourth-order valence-electron chi connectivity index (χ4n) is 3.39. The van der Waals surface area contributed by atoms with Crippen molar-refractivity contribution in [3.8, 4) is 0 Å². The second-order valence-electron chi connectivity index (χ2n) is 11.3. The normalized spacial score (nSPS) is 12.7. The Balaban J connectivity index is 3.82. The minimum Gasteiger partial charge on any atom is -0.458 e. The summed E-state index contributed by atoms with van der Waals surface area (Å²) >= 11 is 0. The molecule has 4 nitrogen and oxygen atoms in total. The van der Waals surface area contributed by atoms with E-state index in [-0.39, 0.29) is 12.1 Å². The average molecular weight is 501 g/mol. The van der Waals surface area contributed by atoms with Crippen LogP contribution in [0.3, 0.4) is 0 Å². The molecular weight excluding hydrogens is 444 g/mol. The zero-order valence-electron chi connectivity index (χ0n) is 23.2. The first kappa shape index (κ1) is 32.6. The molecule has 0 bridgehead atoms. The molecular formula is C27H56O4Si2. The maximum Gasteiger partial charge on any atom is 0.306 e. The summed E-state index contributed by atoms with van der Waals surface area (Å²) in [5, 5.41) is 0. The fraction of sp³-hybridized carbons (Fsp3) is 0.889. The minimum atomic E-state index is -1.65. The number of unbranched alkanes of at least 4 members (excludes halogenated alkanes) is 11. The van der Waals surface area contributed by atoms with Crippen LogP contribution in [0.4, 0.5) is 0 Å². The number of rotatable bonds is 22. The van der Waals surface area contributed by atoms with Crippen LogP contribution < -0.4 is 0 Å². The summed E-state index contributed by atoms with van der Waals surface area (Å²) < 4.78 is 17.7. The highest BCUT2D eigenvalue weighted by Crippen LogP contribution is 2.13. The van der Waals surface area contributed by atoms with Crippen LogP contribution in [0.15, 0.2) is 12.2 Å². The predicted octanol–water partition coefficient (Wildman–Crippen LogP) is 8.64. The van der Waals surface area contributed by atoms with Gasteiger partial charge in [0.25, 0.3) is 0 Å². The molecule has 0 spiro atoms. The Hall–Kier alpha value is -0.436. The lowest BCUT2D eigenvalue weighted by Gasteiger charge is -2.26. The van der Waals surface area contributed by atoms with E-state index in [2.05, 4.69) is 58.4 Å². The summed E-state index contributed by atoms with van der Waals surface area (Å²) in [6.45, 7) is 16.1. The summed E-state index contributed by atoms with van der Waals surface area (Å²) in [6, 6.07) is 0. The van der Waals surface area contributed by atoms with Gasteiger partial charge in [-0.25, -0.2) is 0 Å². The Bertz CT molecular complexity index is 477. The Morgan fingerprint density at radius 1 is 0.667 bits per heavy atom. The van der Waals surface area contributed by atoms with E-state index < -0.39 is 16.6 Å². The van der Waals surface area contributed by atoms with E-state index in [1.165, 1.54) is 70.6 Å². The average Bonchev–Trinajstić information content (AvgIpc) is 2.71. The monoisotopic (exact) mass is 500 g/mol. The molecule has 0 saturated heterocycles. The smallest absolute Gasteiger partial charge is 0.306 e. The minimum absolute atomic E-state index is 0.115. The predicted molar refractivity (Wildman–Crippen MR) is 148 cm³/mol. The van der Waals surface area contributed by atoms with Crippen LogP contribution in [0.25, 0.3) is 0 Å². The van der Waals surface area contributed by atoms with Gasteiger partial charge in [0.2, 0.25) is 0 Å². The van der Waals surface area contributed by atoms with Gasteiger partial charge in [0, 0.05) is 6.42 Å². The van der Waals surface area contributed by atoms with Gasteiger partial charge in [0.1, 0.15) is 6.10 Å². The molecule has 0 unspecified atom stereocenters. The number of hydrogen-bond acceptors (Lipinski definition) is 4. The van der Waals surface area contributed by atoms with E-state index >= 15 is 0 Å². The summed E-state index contributed by atoms with van der Waals surface area (Å²) in [4.78, 5) is 12.3. The first-order chi connectivity index (χ1) is 15.5. The topological polar surface area (TPSA) is 44.8 Å². The quantitative estimate of drug-likeness (QED) is 0.0645. The highest BCUT2D eigenvalue weighted by Gasteiger charge is 2.23. The molecule has 0 aromatic carbocycles. The Labute approximate surface area is 208 Å². The van der Waals surface area contributed by atoms with Gasteiger partial charge in [-0.1, -0.05) is 70.4 Å². The summed E-state index contributed by atoms with van der Waals surface area (Å²) in [5.41, 5.74) is 0. The number of carbonyl (C=O) groups excluding carboxylic acids is 1. The largest absolute Gasteiger partial charge is 0.458 e. The zero-order chi connectivity index (χ0) is 25.0. The van der Waals surface area contributed by atoms with Crippen molar-refractivity contribution in [3.05, 3.63) is 12.2 Å². The number of ether oxygens (including phenoxy) is 1. The van der Waals surface area contributed by atoms with Crippen LogP contribution >= 0.6 is 0 Å². The lowest BCUT2D eigenvalue weighted by Crippen LogP contribution is -2.38. The van der Waals surface area contributed by atoms with Gasteiger partial charge in [-0.2, -0.15) is 0 Å². The summed E-state index contributed by atoms with van der Waals surface area (Å²) in [7, 11) is -3.30. The van der Waals surface area contributed by atoms with E-state index in [9.17, 15) is 4.79 Å². The van der Waals surface area contributed by atoms with Crippen molar-refractivity contribution in [2.24, 2.45) is 0 Å². The molecule has 0 saturated carbocycles. The van der Waals surface area contributed by atoms with Crippen molar-refractivity contribution >= 4 is 22.6 Å². The third kappa shape index (κ3) is 26.0. The lowest BCUT2D eigenvalue weighted by molar-refractivity contribution is -0.152. The SMILES string of the molecule is CCCCCCCC/C=C/CCCCCCCC(=O)OC(CO[Si](C)(C)C)CO[Si](C)(C)C. The van der Waals surface area contributed by atoms with Gasteiger partial charge in [-0.05, 0) is 71.4 Å². The van der Waals surface area contributed by atoms with Crippen molar-refractivity contribution in [1.29, 1.82) is 0 Å². The van der Waals surface area contributed by atoms with E-state index in [1.54, 1.807) is 0 Å². The van der Waals surface area contributed by atoms with Crippen LogP contribution in [-0.2, 0) is 18.4 Å². The fourth-order valence-corrected chi connectivity index (χ4v) is 4.76. The molecule has 0 fully saturated rings. The van der Waals surface area contributed by atoms with Crippen LogP contribution in [0.5, 0.6) is 0 Å². The van der Waals surface area contributed by atoms with Crippen molar-refractivity contribution in [2.45, 2.75) is 142 Å². The van der Waals surface area contributed by atoms with E-state index in [1.807, 2.05) is 0 Å². The molecule has 33 heavy (non-hydrogen) atoms. The Kier molecular flexibility index (Phi) is 19.6. The van der Waals surface area contributed by atoms with Crippen molar-refractivity contribution in [1.82, 2.24) is 0 Å². The number of hydrogen-bond donors (Lipinski definition) is 0. The molecule has 0 radical (unpaired) electrons. The third-order valence-corrected chi connectivity index (χ3v) is 7.41. The van der Waals surface area contributed by atoms with E-state index in [0.29, 0.717) is 19.6 Å². The van der Waals surface area contributed by atoms with Crippen LogP contribution in [0.2, 0.25) is 39.3 Å². The molecule has 0 aliphatic rings. The van der Waals surface area contributed by atoms with Crippen LogP contribution in [0, 0.1) is 0 Å². The van der Waals surface area contributed by atoms with E-state index in [4.69, 9.17) is 13.6 Å². The highest BCUT2D eigenvalue weighted by molar-refractivity contribution is 6.70. The van der Waals surface area contributed by atoms with Gasteiger partial charge < -0.3 is 13.6 Å². The molecule has 0 N–H and O–H groups in total. The first-order valence-electron chi connectivity index (χ1n) is 13.7. The van der Waals surface area contributed by atoms with Gasteiger partial charge in [-0.15, -0.1) is 0 Å². The molecule has 0 aromatic heterocycles. The maximum absolute atomic E-state index is 12.3. The van der Waals surface area contributed by atoms with Crippen molar-refractivity contribution < 1.29 is 18.4 Å². The summed E-state index contributed by atoms with van der Waals surface area (Å²) in [5.74, 6) is -0.115. The number of carbonyl (C=O) groups is 1. The molecule has 0 aliphatic carbocycles. The standard InChI is InChI=1S/C27H56O4Si2/c1-8-9-10-11-12-13-14-15-16-17-18-19-20-21-22-23-27(28)31-26(24-29-32(2,3)4)25-30-33(5,6)7/h15-16,26H,8-14,17-25H2,1-7H3/b16-15+. The zero-order valence-corrected chi connectivity index (χ0v) is 25.2. The van der Waals surface area contributed by atoms with Gasteiger partial charge >= 0.3 is 5.97 Å². The lowest BCUT2D eigenvalue weighted by atomic mass is 10.1. The number of esters is 1. The summed E-state index contributed by atoms with van der Waals surface area (Å²) in [6.07, 6.45) is 21.3. The molecule has 0 amide bonds. The molecule has 6 heteroatoms. The van der Waals surface area contributed by atoms with Gasteiger partial charge in [0.15, 0.2) is 16.6 Å². The second-order valence-corrected chi connectivity index (χ2v) is 20.3. The Morgan fingerprint density at radius 3 is 1.55 bits per heavy atom. The number of allylic oxidation sites excluding steroid dienone is 2.